The fourth-order valence-corrected chi connectivity index (χ4v) is 2.29. The van der Waals surface area contributed by atoms with E-state index in [9.17, 15) is 4.79 Å². The largest absolute Gasteiger partial charge is 0.492 e. The molecule has 0 atom stereocenters. The molecule has 0 saturated heterocycles. The van der Waals surface area contributed by atoms with Crippen LogP contribution in [0.2, 0.25) is 5.02 Å². The van der Waals surface area contributed by atoms with Crippen molar-refractivity contribution in [1.82, 2.24) is 4.90 Å². The van der Waals surface area contributed by atoms with Gasteiger partial charge in [0, 0.05) is 18.3 Å². The molecule has 0 spiro atoms. The topological polar surface area (TPSA) is 65.4 Å². The Morgan fingerprint density at radius 1 is 1.57 bits per heavy atom. The maximum atomic E-state index is 12.3. The van der Waals surface area contributed by atoms with Crippen molar-refractivity contribution in [2.45, 2.75) is 32.2 Å². The number of nitrogens with one attached hydrogen (secondary N) is 1. The number of anilines is 1. The molecule has 0 aromatic heterocycles. The second kappa shape index (κ2) is 7.19. The van der Waals surface area contributed by atoms with Crippen LogP contribution in [0.15, 0.2) is 18.2 Å². The highest BCUT2D eigenvalue weighted by Crippen LogP contribution is 2.30. The summed E-state index contributed by atoms with van der Waals surface area (Å²) in [7, 11) is 0. The van der Waals surface area contributed by atoms with E-state index in [1.165, 1.54) is 0 Å². The van der Waals surface area contributed by atoms with E-state index >= 15 is 0 Å². The first-order valence-electron chi connectivity index (χ1n) is 7.02. The highest BCUT2D eigenvalue weighted by atomic mass is 35.5. The van der Waals surface area contributed by atoms with Gasteiger partial charge in [0.25, 0.3) is 0 Å². The molecule has 1 aromatic carbocycles. The second-order valence-corrected chi connectivity index (χ2v) is 5.25. The van der Waals surface area contributed by atoms with E-state index in [4.69, 9.17) is 21.6 Å². The number of amides is 2. The van der Waals surface area contributed by atoms with Crippen LogP contribution in [0.1, 0.15) is 26.2 Å². The summed E-state index contributed by atoms with van der Waals surface area (Å²) >= 11 is 6.10. The molecule has 6 heteroatoms. The van der Waals surface area contributed by atoms with Gasteiger partial charge in [-0.2, -0.15) is 5.26 Å². The minimum atomic E-state index is -0.187. The molecule has 1 aromatic rings. The average molecular weight is 308 g/mol. The summed E-state index contributed by atoms with van der Waals surface area (Å²) in [4.78, 5) is 14.0. The minimum Gasteiger partial charge on any atom is -0.492 e. The fourth-order valence-electron chi connectivity index (χ4n) is 2.05. The molecule has 0 radical (unpaired) electrons. The first kappa shape index (κ1) is 15.5. The van der Waals surface area contributed by atoms with Gasteiger partial charge in [-0.3, -0.25) is 0 Å². The summed E-state index contributed by atoms with van der Waals surface area (Å²) < 4.78 is 5.35. The Balaban J connectivity index is 2.01. The number of carbonyl (C=O) groups excluding carboxylic acids is 1. The zero-order valence-corrected chi connectivity index (χ0v) is 12.7. The van der Waals surface area contributed by atoms with Crippen molar-refractivity contribution in [2.75, 3.05) is 18.5 Å². The number of carbonyl (C=O) groups is 1. The number of urea groups is 1. The van der Waals surface area contributed by atoms with Crippen LogP contribution in [-0.4, -0.2) is 30.1 Å². The maximum Gasteiger partial charge on any atom is 0.322 e. The van der Waals surface area contributed by atoms with Crippen LogP contribution in [-0.2, 0) is 0 Å². The van der Waals surface area contributed by atoms with Gasteiger partial charge in [-0.15, -0.1) is 0 Å². The van der Waals surface area contributed by atoms with E-state index in [-0.39, 0.29) is 12.1 Å². The molecule has 21 heavy (non-hydrogen) atoms. The summed E-state index contributed by atoms with van der Waals surface area (Å²) in [6, 6.07) is 7.30. The number of ether oxygens (including phenoxy) is 1. The second-order valence-electron chi connectivity index (χ2n) is 4.84. The summed E-state index contributed by atoms with van der Waals surface area (Å²) in [6.45, 7) is 2.88. The average Bonchev–Trinajstić information content (AvgIpc) is 3.27. The van der Waals surface area contributed by atoms with Crippen LogP contribution in [0.4, 0.5) is 10.5 Å². The lowest BCUT2D eigenvalue weighted by molar-refractivity contribution is 0.210. The quantitative estimate of drug-likeness (QED) is 0.872. The molecule has 2 rings (SSSR count). The van der Waals surface area contributed by atoms with Crippen LogP contribution in [0.3, 0.4) is 0 Å². The lowest BCUT2D eigenvalue weighted by Gasteiger charge is -2.21. The molecule has 1 fully saturated rings. The summed E-state index contributed by atoms with van der Waals surface area (Å²) in [5.74, 6) is 0.598. The highest BCUT2D eigenvalue weighted by molar-refractivity contribution is 6.32. The molecule has 0 heterocycles. The van der Waals surface area contributed by atoms with Crippen molar-refractivity contribution >= 4 is 23.3 Å². The van der Waals surface area contributed by atoms with Crippen molar-refractivity contribution in [3.8, 4) is 11.8 Å². The van der Waals surface area contributed by atoms with E-state index in [2.05, 4.69) is 11.4 Å². The van der Waals surface area contributed by atoms with E-state index in [0.29, 0.717) is 36.0 Å². The number of halogens is 1. The van der Waals surface area contributed by atoms with E-state index in [1.807, 2.05) is 6.92 Å². The molecule has 0 aliphatic heterocycles. The Hall–Kier alpha value is -1.93. The molecule has 0 unspecified atom stereocenters. The molecular formula is C15H18ClN3O2. The number of hydrogen-bond acceptors (Lipinski definition) is 3. The summed E-state index contributed by atoms with van der Waals surface area (Å²) in [5.41, 5.74) is 0.621. The van der Waals surface area contributed by atoms with E-state index in [0.717, 1.165) is 12.8 Å². The van der Waals surface area contributed by atoms with Crippen molar-refractivity contribution in [3.63, 3.8) is 0 Å². The molecule has 1 N–H and O–H groups in total. The number of rotatable bonds is 6. The normalized spacial score (nSPS) is 13.4. The Labute approximate surface area is 129 Å². The fraction of sp³-hybridized carbons (Fsp3) is 0.467. The Bertz CT molecular complexity index is 552. The SMILES string of the molecule is CCOc1ccc(NC(=O)N(CCC#N)C2CC2)cc1Cl. The number of benzene rings is 1. The van der Waals surface area contributed by atoms with Crippen LogP contribution < -0.4 is 10.1 Å². The molecule has 5 nitrogen and oxygen atoms in total. The molecule has 1 saturated carbocycles. The molecular weight excluding hydrogens is 290 g/mol. The first-order valence-corrected chi connectivity index (χ1v) is 7.40. The highest BCUT2D eigenvalue weighted by Gasteiger charge is 2.32. The monoisotopic (exact) mass is 307 g/mol. The summed E-state index contributed by atoms with van der Waals surface area (Å²) in [5, 5.41) is 11.9. The van der Waals surface area contributed by atoms with Crippen molar-refractivity contribution in [2.24, 2.45) is 0 Å². The Kier molecular flexibility index (Phi) is 5.29. The smallest absolute Gasteiger partial charge is 0.322 e. The number of nitriles is 1. The van der Waals surface area contributed by atoms with Crippen LogP contribution >= 0.6 is 11.6 Å². The maximum absolute atomic E-state index is 12.3. The Morgan fingerprint density at radius 3 is 2.90 bits per heavy atom. The molecule has 2 amide bonds. The number of nitrogens with zero attached hydrogens (tertiary/aromatic N) is 2. The lowest BCUT2D eigenvalue weighted by Crippen LogP contribution is -2.37. The minimum absolute atomic E-state index is 0.187. The summed E-state index contributed by atoms with van der Waals surface area (Å²) in [6.07, 6.45) is 2.35. The van der Waals surface area contributed by atoms with Gasteiger partial charge >= 0.3 is 6.03 Å². The third-order valence-electron chi connectivity index (χ3n) is 3.20. The van der Waals surface area contributed by atoms with Gasteiger partial charge in [0.1, 0.15) is 5.75 Å². The van der Waals surface area contributed by atoms with Crippen molar-refractivity contribution in [1.29, 1.82) is 5.26 Å². The standard InChI is InChI=1S/C15H18ClN3O2/c1-2-21-14-7-4-11(10-13(14)16)18-15(20)19(9-3-8-17)12-5-6-12/h4,7,10,12H,2-3,5-6,9H2,1H3,(H,18,20). The van der Waals surface area contributed by atoms with Crippen LogP contribution in [0.5, 0.6) is 5.75 Å². The third-order valence-corrected chi connectivity index (χ3v) is 3.49. The molecule has 1 aliphatic rings. The predicted octanol–water partition coefficient (Wildman–Crippen LogP) is 3.65. The lowest BCUT2D eigenvalue weighted by atomic mass is 10.3. The van der Waals surface area contributed by atoms with E-state index in [1.54, 1.807) is 23.1 Å². The number of hydrogen-bond donors (Lipinski definition) is 1. The predicted molar refractivity (Wildman–Crippen MR) is 81.6 cm³/mol. The molecule has 0 bridgehead atoms. The Morgan fingerprint density at radius 2 is 2.33 bits per heavy atom. The van der Waals surface area contributed by atoms with Gasteiger partial charge in [0.05, 0.1) is 24.1 Å². The van der Waals surface area contributed by atoms with Gasteiger partial charge in [-0.1, -0.05) is 11.6 Å². The third kappa shape index (κ3) is 4.27. The van der Waals surface area contributed by atoms with E-state index < -0.39 is 0 Å². The van der Waals surface area contributed by atoms with Crippen molar-refractivity contribution in [3.05, 3.63) is 23.2 Å². The molecule has 112 valence electrons. The van der Waals surface area contributed by atoms with Crippen molar-refractivity contribution < 1.29 is 9.53 Å². The van der Waals surface area contributed by atoms with Gasteiger partial charge < -0.3 is 15.0 Å². The zero-order chi connectivity index (χ0) is 15.2. The van der Waals surface area contributed by atoms with Gasteiger partial charge in [-0.05, 0) is 38.0 Å². The van der Waals surface area contributed by atoms with Crippen LogP contribution in [0, 0.1) is 11.3 Å². The van der Waals surface area contributed by atoms with Gasteiger partial charge in [0.2, 0.25) is 0 Å². The van der Waals surface area contributed by atoms with Gasteiger partial charge in [-0.25, -0.2) is 4.79 Å². The zero-order valence-electron chi connectivity index (χ0n) is 11.9. The first-order chi connectivity index (χ1) is 10.2. The van der Waals surface area contributed by atoms with Gasteiger partial charge in [0.15, 0.2) is 0 Å². The molecule has 1 aliphatic carbocycles. The van der Waals surface area contributed by atoms with Crippen LogP contribution in [0.25, 0.3) is 0 Å².